The molecule has 0 radical (unpaired) electrons. The molecule has 0 N–H and O–H groups in total. The lowest BCUT2D eigenvalue weighted by atomic mass is 10.1. The Morgan fingerprint density at radius 2 is 1.40 bits per heavy atom. The zero-order valence-electron chi connectivity index (χ0n) is 19.5. The van der Waals surface area contributed by atoms with E-state index in [-0.39, 0.29) is 5.25 Å². The van der Waals surface area contributed by atoms with Crippen LogP contribution >= 0.6 is 0 Å². The molecule has 3 nitrogen and oxygen atoms in total. The highest BCUT2D eigenvalue weighted by molar-refractivity contribution is 7.85. The first-order valence-electron chi connectivity index (χ1n) is 10.5. The maximum absolute atomic E-state index is 12.3. The van der Waals surface area contributed by atoms with Crippen molar-refractivity contribution < 1.29 is 13.7 Å². The summed E-state index contributed by atoms with van der Waals surface area (Å²) in [5.41, 5.74) is 1.17. The number of rotatable bonds is 10. The van der Waals surface area contributed by atoms with E-state index in [1.807, 2.05) is 18.2 Å². The van der Waals surface area contributed by atoms with Gasteiger partial charge >= 0.3 is 0 Å². The molecule has 0 saturated heterocycles. The van der Waals surface area contributed by atoms with Gasteiger partial charge in [-0.1, -0.05) is 52.0 Å². The molecule has 1 heterocycles. The average molecular weight is 437 g/mol. The van der Waals surface area contributed by atoms with Crippen LogP contribution in [0.1, 0.15) is 57.9 Å². The molecule has 1 aliphatic heterocycles. The lowest BCUT2D eigenvalue weighted by Crippen LogP contribution is -2.16. The van der Waals surface area contributed by atoms with E-state index in [1.54, 1.807) is 0 Å². The Balaban J connectivity index is -0.000000815. The Kier molecular flexibility index (Phi) is 27.1. The minimum atomic E-state index is -0.743. The minimum Gasteiger partial charge on any atom is -0.454 e. The third kappa shape index (κ3) is 14.9. The smallest absolute Gasteiger partial charge is 0.231 e. The lowest BCUT2D eigenvalue weighted by Gasteiger charge is -2.12. The van der Waals surface area contributed by atoms with E-state index in [2.05, 4.69) is 66.5 Å². The van der Waals surface area contributed by atoms with Crippen molar-refractivity contribution in [1.82, 2.24) is 0 Å². The first-order valence-corrected chi connectivity index (χ1v) is 11.8. The van der Waals surface area contributed by atoms with Crippen molar-refractivity contribution in [3.05, 3.63) is 76.4 Å². The van der Waals surface area contributed by atoms with Gasteiger partial charge in [-0.25, -0.2) is 0 Å². The van der Waals surface area contributed by atoms with Crippen molar-refractivity contribution in [3.63, 3.8) is 0 Å². The topological polar surface area (TPSA) is 35.5 Å². The van der Waals surface area contributed by atoms with Crippen LogP contribution in [0.5, 0.6) is 11.5 Å². The Morgan fingerprint density at radius 3 is 2.00 bits per heavy atom. The zero-order chi connectivity index (χ0) is 23.8. The van der Waals surface area contributed by atoms with Crippen molar-refractivity contribution in [3.8, 4) is 11.5 Å². The first kappa shape index (κ1) is 32.6. The van der Waals surface area contributed by atoms with Crippen molar-refractivity contribution in [1.29, 1.82) is 0 Å². The number of hydrogen-bond donors (Lipinski definition) is 0. The Hall–Kier alpha value is -2.07. The molecule has 0 spiro atoms. The van der Waals surface area contributed by atoms with E-state index in [1.165, 1.54) is 37.7 Å². The van der Waals surface area contributed by atoms with Gasteiger partial charge in [0.2, 0.25) is 6.79 Å². The molecule has 0 bridgehead atoms. The molecule has 1 aromatic carbocycles. The molecule has 1 aliphatic rings. The average Bonchev–Trinajstić information content (AvgIpc) is 3.29. The summed E-state index contributed by atoms with van der Waals surface area (Å²) in [5.74, 6) is 2.45. The van der Waals surface area contributed by atoms with Crippen molar-refractivity contribution >= 4 is 10.8 Å². The molecule has 2 rings (SSSR count). The van der Waals surface area contributed by atoms with E-state index in [0.29, 0.717) is 6.79 Å². The van der Waals surface area contributed by atoms with Crippen LogP contribution in [0.25, 0.3) is 0 Å². The molecule has 172 valence electrons. The predicted octanol–water partition coefficient (Wildman–Crippen LogP) is 7.66. The molecule has 0 aliphatic carbocycles. The maximum atomic E-state index is 12.3. The summed E-state index contributed by atoms with van der Waals surface area (Å²) in [6.45, 7) is 28.6. The van der Waals surface area contributed by atoms with E-state index in [0.717, 1.165) is 30.1 Å². The molecule has 30 heavy (non-hydrogen) atoms. The van der Waals surface area contributed by atoms with Gasteiger partial charge in [-0.3, -0.25) is 4.21 Å². The SMILES string of the molecule is C=C.C=C.C=C.C=C.CCCCCCCCS(=O)C(C)Cc1ccc2c(c1)OCO2. The number of hydrogen-bond acceptors (Lipinski definition) is 3. The second-order valence-electron chi connectivity index (χ2n) is 6.05. The Labute approximate surface area is 189 Å². The highest BCUT2D eigenvalue weighted by atomic mass is 32.2. The quantitative estimate of drug-likeness (QED) is 0.279. The predicted molar refractivity (Wildman–Crippen MR) is 137 cm³/mol. The monoisotopic (exact) mass is 436 g/mol. The molecular weight excluding hydrogens is 392 g/mol. The standard InChI is InChI=1S/C18H28O3S.4C2H4/c1-3-4-5-6-7-8-11-22(19)15(2)12-16-9-10-17-18(13-16)21-14-20-17;4*1-2/h9-10,13,15H,3-8,11-12,14H2,1-2H3;4*1-2H2. The Bertz CT molecular complexity index is 537. The molecule has 4 heteroatoms. The summed E-state index contributed by atoms with van der Waals surface area (Å²) in [7, 11) is -0.743. The van der Waals surface area contributed by atoms with E-state index in [4.69, 9.17) is 9.47 Å². The fourth-order valence-corrected chi connectivity index (χ4v) is 3.99. The molecule has 0 saturated carbocycles. The van der Waals surface area contributed by atoms with Crippen molar-refractivity contribution in [2.24, 2.45) is 0 Å². The fraction of sp³-hybridized carbons (Fsp3) is 0.462. The van der Waals surface area contributed by atoms with Gasteiger partial charge in [-0.2, -0.15) is 0 Å². The van der Waals surface area contributed by atoms with Crippen molar-refractivity contribution in [2.75, 3.05) is 12.5 Å². The summed E-state index contributed by atoms with van der Waals surface area (Å²) < 4.78 is 23.0. The van der Waals surface area contributed by atoms with Gasteiger partial charge in [0.1, 0.15) is 0 Å². The summed E-state index contributed by atoms with van der Waals surface area (Å²) in [4.78, 5) is 0. The fourth-order valence-electron chi connectivity index (χ4n) is 2.72. The van der Waals surface area contributed by atoms with Gasteiger partial charge in [-0.05, 0) is 30.5 Å². The number of ether oxygens (including phenoxy) is 2. The van der Waals surface area contributed by atoms with Gasteiger partial charge in [0.25, 0.3) is 0 Å². The number of fused-ring (bicyclic) bond motifs is 1. The highest BCUT2D eigenvalue weighted by Crippen LogP contribution is 2.33. The van der Waals surface area contributed by atoms with E-state index < -0.39 is 10.8 Å². The van der Waals surface area contributed by atoms with Crippen LogP contribution in [0.2, 0.25) is 0 Å². The normalized spacial score (nSPS) is 12.1. The van der Waals surface area contributed by atoms with Crippen LogP contribution in [0.4, 0.5) is 0 Å². The van der Waals surface area contributed by atoms with Crippen LogP contribution in [-0.2, 0) is 17.2 Å². The first-order chi connectivity index (χ1) is 14.7. The van der Waals surface area contributed by atoms with Crippen LogP contribution in [0, 0.1) is 0 Å². The molecule has 0 aromatic heterocycles. The second-order valence-corrected chi connectivity index (χ2v) is 8.03. The van der Waals surface area contributed by atoms with Gasteiger partial charge in [0, 0.05) is 21.8 Å². The van der Waals surface area contributed by atoms with Gasteiger partial charge < -0.3 is 9.47 Å². The molecular formula is C26H44O3S. The summed E-state index contributed by atoms with van der Waals surface area (Å²) in [5, 5.41) is 0.191. The maximum Gasteiger partial charge on any atom is 0.231 e. The molecule has 2 atom stereocenters. The van der Waals surface area contributed by atoms with Gasteiger partial charge in [0.05, 0.1) is 0 Å². The van der Waals surface area contributed by atoms with Gasteiger partial charge in [-0.15, -0.1) is 52.6 Å². The summed E-state index contributed by atoms with van der Waals surface area (Å²) >= 11 is 0. The molecule has 0 fully saturated rings. The molecule has 1 aromatic rings. The van der Waals surface area contributed by atoms with E-state index in [9.17, 15) is 4.21 Å². The third-order valence-electron chi connectivity index (χ3n) is 4.11. The Morgan fingerprint density at radius 1 is 0.867 bits per heavy atom. The third-order valence-corrected chi connectivity index (χ3v) is 5.86. The number of unbranched alkanes of at least 4 members (excludes halogenated alkanes) is 5. The largest absolute Gasteiger partial charge is 0.454 e. The minimum absolute atomic E-state index is 0.191. The second kappa shape index (κ2) is 25.0. The van der Waals surface area contributed by atoms with Crippen LogP contribution in [-0.4, -0.2) is 22.0 Å². The highest BCUT2D eigenvalue weighted by Gasteiger charge is 2.16. The molecule has 0 amide bonds. The van der Waals surface area contributed by atoms with Gasteiger partial charge in [0.15, 0.2) is 11.5 Å². The molecule has 2 unspecified atom stereocenters. The van der Waals surface area contributed by atoms with Crippen molar-refractivity contribution in [2.45, 2.75) is 64.0 Å². The summed E-state index contributed by atoms with van der Waals surface area (Å²) in [6, 6.07) is 6.01. The van der Waals surface area contributed by atoms with Crippen LogP contribution in [0.3, 0.4) is 0 Å². The number of benzene rings is 1. The lowest BCUT2D eigenvalue weighted by molar-refractivity contribution is 0.174. The summed E-state index contributed by atoms with van der Waals surface area (Å²) in [6.07, 6.45) is 8.32. The van der Waals surface area contributed by atoms with Crippen LogP contribution < -0.4 is 9.47 Å². The zero-order valence-corrected chi connectivity index (χ0v) is 20.3. The van der Waals surface area contributed by atoms with Crippen LogP contribution in [0.15, 0.2) is 70.8 Å². The van der Waals surface area contributed by atoms with E-state index >= 15 is 0 Å².